The first-order chi connectivity index (χ1) is 9.64. The molecule has 0 aromatic carbocycles. The number of anilines is 2. The Hall–Kier alpha value is -1.36. The monoisotopic (exact) mass is 279 g/mol. The smallest absolute Gasteiger partial charge is 0.134 e. The van der Waals surface area contributed by atoms with E-state index < -0.39 is 0 Å². The molecule has 0 atom stereocenters. The summed E-state index contributed by atoms with van der Waals surface area (Å²) < 4.78 is 0. The summed E-state index contributed by atoms with van der Waals surface area (Å²) in [5.74, 6) is 2.72. The van der Waals surface area contributed by atoms with E-state index in [0.717, 1.165) is 56.6 Å². The lowest BCUT2D eigenvalue weighted by Gasteiger charge is -2.25. The molecule has 1 aromatic heterocycles. The standard InChI is InChI=1S/C15H29N5/c1-6-19(7-2)10-9-11-20(8-3)15-12-14(16-5)17-13(4)18-15/h12H,6-11H2,1-5H3,(H,16,17,18). The van der Waals surface area contributed by atoms with Crippen molar-refractivity contribution in [2.45, 2.75) is 34.1 Å². The van der Waals surface area contributed by atoms with Gasteiger partial charge >= 0.3 is 0 Å². The van der Waals surface area contributed by atoms with Crippen LogP contribution in [0.15, 0.2) is 6.07 Å². The molecule has 0 saturated heterocycles. The van der Waals surface area contributed by atoms with E-state index in [1.165, 1.54) is 0 Å². The zero-order valence-corrected chi connectivity index (χ0v) is 13.6. The van der Waals surface area contributed by atoms with Gasteiger partial charge in [0.15, 0.2) is 0 Å². The summed E-state index contributed by atoms with van der Waals surface area (Å²) in [5, 5.41) is 3.09. The summed E-state index contributed by atoms with van der Waals surface area (Å²) >= 11 is 0. The molecule has 0 aliphatic rings. The van der Waals surface area contributed by atoms with Crippen LogP contribution in [0.1, 0.15) is 33.0 Å². The molecule has 0 aliphatic carbocycles. The summed E-state index contributed by atoms with van der Waals surface area (Å²) in [6, 6.07) is 2.02. The Bertz CT molecular complexity index is 390. The van der Waals surface area contributed by atoms with E-state index >= 15 is 0 Å². The van der Waals surface area contributed by atoms with Crippen molar-refractivity contribution in [2.75, 3.05) is 50.0 Å². The molecule has 5 heteroatoms. The minimum Gasteiger partial charge on any atom is -0.373 e. The number of aromatic nitrogens is 2. The van der Waals surface area contributed by atoms with Crippen LogP contribution in [0.5, 0.6) is 0 Å². The van der Waals surface area contributed by atoms with Crippen molar-refractivity contribution in [3.8, 4) is 0 Å². The Morgan fingerprint density at radius 2 is 1.75 bits per heavy atom. The molecule has 1 rings (SSSR count). The van der Waals surface area contributed by atoms with Crippen molar-refractivity contribution in [1.29, 1.82) is 0 Å². The highest BCUT2D eigenvalue weighted by Gasteiger charge is 2.09. The molecule has 0 amide bonds. The van der Waals surface area contributed by atoms with Gasteiger partial charge in [0.25, 0.3) is 0 Å². The summed E-state index contributed by atoms with van der Waals surface area (Å²) in [6.07, 6.45) is 1.16. The van der Waals surface area contributed by atoms with Crippen LogP contribution in [0, 0.1) is 6.92 Å². The SMILES string of the molecule is CCN(CC)CCCN(CC)c1cc(NC)nc(C)n1. The van der Waals surface area contributed by atoms with Crippen LogP contribution < -0.4 is 10.2 Å². The highest BCUT2D eigenvalue weighted by molar-refractivity contribution is 5.48. The molecule has 20 heavy (non-hydrogen) atoms. The van der Waals surface area contributed by atoms with E-state index in [1.807, 2.05) is 20.0 Å². The Kier molecular flexibility index (Phi) is 7.30. The van der Waals surface area contributed by atoms with E-state index in [-0.39, 0.29) is 0 Å². The fourth-order valence-corrected chi connectivity index (χ4v) is 2.30. The van der Waals surface area contributed by atoms with E-state index in [2.05, 4.69) is 45.9 Å². The lowest BCUT2D eigenvalue weighted by Crippen LogP contribution is -2.30. The summed E-state index contributed by atoms with van der Waals surface area (Å²) in [6.45, 7) is 13.9. The maximum Gasteiger partial charge on any atom is 0.134 e. The second-order valence-corrected chi connectivity index (χ2v) is 4.87. The van der Waals surface area contributed by atoms with Gasteiger partial charge in [-0.1, -0.05) is 13.8 Å². The number of nitrogens with zero attached hydrogens (tertiary/aromatic N) is 4. The highest BCUT2D eigenvalue weighted by Crippen LogP contribution is 2.15. The Balaban J connectivity index is 2.64. The van der Waals surface area contributed by atoms with E-state index in [9.17, 15) is 0 Å². The van der Waals surface area contributed by atoms with Crippen LogP contribution >= 0.6 is 0 Å². The number of aryl methyl sites for hydroxylation is 1. The molecule has 1 N–H and O–H groups in total. The second kappa shape index (κ2) is 8.74. The van der Waals surface area contributed by atoms with Gasteiger partial charge in [-0.25, -0.2) is 9.97 Å². The van der Waals surface area contributed by atoms with Crippen molar-refractivity contribution in [3.63, 3.8) is 0 Å². The average Bonchev–Trinajstić information content (AvgIpc) is 2.47. The lowest BCUT2D eigenvalue weighted by molar-refractivity contribution is 0.300. The first kappa shape index (κ1) is 16.7. The van der Waals surface area contributed by atoms with E-state index in [1.54, 1.807) is 0 Å². The minimum atomic E-state index is 0.814. The Labute approximate surface area is 123 Å². The molecule has 5 nitrogen and oxygen atoms in total. The lowest BCUT2D eigenvalue weighted by atomic mass is 10.3. The maximum atomic E-state index is 4.55. The quantitative estimate of drug-likeness (QED) is 0.752. The summed E-state index contributed by atoms with van der Waals surface area (Å²) in [5.41, 5.74) is 0. The predicted molar refractivity (Wildman–Crippen MR) is 86.6 cm³/mol. The van der Waals surface area contributed by atoms with Gasteiger partial charge in [-0.2, -0.15) is 0 Å². The van der Waals surface area contributed by atoms with Gasteiger partial charge in [-0.3, -0.25) is 0 Å². The first-order valence-corrected chi connectivity index (χ1v) is 7.65. The van der Waals surface area contributed by atoms with Gasteiger partial charge in [0.2, 0.25) is 0 Å². The molecule has 114 valence electrons. The van der Waals surface area contributed by atoms with E-state index in [0.29, 0.717) is 0 Å². The van der Waals surface area contributed by atoms with Crippen molar-refractivity contribution < 1.29 is 0 Å². The van der Waals surface area contributed by atoms with Crippen LogP contribution in [0.2, 0.25) is 0 Å². The number of nitrogens with one attached hydrogen (secondary N) is 1. The van der Waals surface area contributed by atoms with Gasteiger partial charge in [0.1, 0.15) is 17.5 Å². The zero-order valence-electron chi connectivity index (χ0n) is 13.6. The van der Waals surface area contributed by atoms with Crippen molar-refractivity contribution >= 4 is 11.6 Å². The molecule has 1 heterocycles. The minimum absolute atomic E-state index is 0.814. The van der Waals surface area contributed by atoms with Gasteiger partial charge in [0.05, 0.1) is 0 Å². The summed E-state index contributed by atoms with van der Waals surface area (Å²) in [4.78, 5) is 13.7. The van der Waals surface area contributed by atoms with Crippen molar-refractivity contribution in [1.82, 2.24) is 14.9 Å². The molecular formula is C15H29N5. The first-order valence-electron chi connectivity index (χ1n) is 7.65. The van der Waals surface area contributed by atoms with Gasteiger partial charge in [0, 0.05) is 26.2 Å². The summed E-state index contributed by atoms with van der Waals surface area (Å²) in [7, 11) is 1.89. The molecule has 0 unspecified atom stereocenters. The molecule has 0 aliphatic heterocycles. The average molecular weight is 279 g/mol. The van der Waals surface area contributed by atoms with Crippen molar-refractivity contribution in [2.24, 2.45) is 0 Å². The molecule has 0 saturated carbocycles. The third-order valence-corrected chi connectivity index (χ3v) is 3.58. The van der Waals surface area contributed by atoms with Gasteiger partial charge < -0.3 is 15.1 Å². The topological polar surface area (TPSA) is 44.3 Å². The van der Waals surface area contributed by atoms with Gasteiger partial charge in [-0.05, 0) is 39.9 Å². The zero-order chi connectivity index (χ0) is 15.0. The molecule has 0 spiro atoms. The highest BCUT2D eigenvalue weighted by atomic mass is 15.2. The largest absolute Gasteiger partial charge is 0.373 e. The normalized spacial score (nSPS) is 10.9. The van der Waals surface area contributed by atoms with Crippen LogP contribution in [0.4, 0.5) is 11.6 Å². The fourth-order valence-electron chi connectivity index (χ4n) is 2.30. The Morgan fingerprint density at radius 3 is 2.30 bits per heavy atom. The predicted octanol–water partition coefficient (Wildman–Crippen LogP) is 2.38. The molecule has 0 fully saturated rings. The molecular weight excluding hydrogens is 250 g/mol. The maximum absolute atomic E-state index is 4.55. The third-order valence-electron chi connectivity index (χ3n) is 3.58. The second-order valence-electron chi connectivity index (χ2n) is 4.87. The van der Waals surface area contributed by atoms with Gasteiger partial charge in [-0.15, -0.1) is 0 Å². The third kappa shape index (κ3) is 4.96. The number of rotatable bonds is 9. The molecule has 0 radical (unpaired) electrons. The fraction of sp³-hybridized carbons (Fsp3) is 0.733. The molecule has 1 aromatic rings. The van der Waals surface area contributed by atoms with Crippen LogP contribution in [0.25, 0.3) is 0 Å². The van der Waals surface area contributed by atoms with Crippen LogP contribution in [-0.2, 0) is 0 Å². The van der Waals surface area contributed by atoms with Crippen molar-refractivity contribution in [3.05, 3.63) is 11.9 Å². The Morgan fingerprint density at radius 1 is 1.05 bits per heavy atom. The van der Waals surface area contributed by atoms with Crippen LogP contribution in [0.3, 0.4) is 0 Å². The number of hydrogen-bond donors (Lipinski definition) is 1. The molecule has 0 bridgehead atoms. The van der Waals surface area contributed by atoms with Crippen LogP contribution in [-0.4, -0.2) is 54.6 Å². The van der Waals surface area contributed by atoms with E-state index in [4.69, 9.17) is 0 Å². The number of hydrogen-bond acceptors (Lipinski definition) is 5.